The number of benzene rings is 2. The van der Waals surface area contributed by atoms with E-state index in [0.717, 1.165) is 35.1 Å². The summed E-state index contributed by atoms with van der Waals surface area (Å²) in [4.78, 5) is 40.6. The van der Waals surface area contributed by atoms with Crippen molar-refractivity contribution >= 4 is 34.9 Å². The molecule has 0 aliphatic carbocycles. The van der Waals surface area contributed by atoms with Crippen molar-refractivity contribution in [3.05, 3.63) is 64.6 Å². The maximum Gasteiger partial charge on any atom is 0.294 e. The topological polar surface area (TPSA) is 76.2 Å². The third-order valence-corrected chi connectivity index (χ3v) is 6.34. The van der Waals surface area contributed by atoms with Crippen molar-refractivity contribution in [2.24, 2.45) is 0 Å². The Morgan fingerprint density at radius 2 is 1.79 bits per heavy atom. The van der Waals surface area contributed by atoms with Crippen molar-refractivity contribution in [2.75, 3.05) is 26.2 Å². The van der Waals surface area contributed by atoms with Gasteiger partial charge in [0.1, 0.15) is 13.2 Å². The summed E-state index contributed by atoms with van der Waals surface area (Å²) in [5, 5.41) is -0.424. The first kappa shape index (κ1) is 22.9. The highest BCUT2D eigenvalue weighted by atomic mass is 32.2. The Hall–Kier alpha value is -3.26. The molecule has 0 bridgehead atoms. The van der Waals surface area contributed by atoms with Crippen molar-refractivity contribution < 1.29 is 23.9 Å². The van der Waals surface area contributed by atoms with Crippen LogP contribution in [0.3, 0.4) is 0 Å². The lowest BCUT2D eigenvalue weighted by atomic mass is 10.1. The van der Waals surface area contributed by atoms with E-state index < -0.39 is 11.1 Å². The fourth-order valence-electron chi connectivity index (χ4n) is 3.73. The molecule has 3 amide bonds. The third-order valence-electron chi connectivity index (χ3n) is 5.43. The van der Waals surface area contributed by atoms with E-state index in [1.165, 1.54) is 0 Å². The lowest BCUT2D eigenvalue weighted by molar-refractivity contribution is -0.135. The van der Waals surface area contributed by atoms with Crippen LogP contribution < -0.4 is 9.47 Å². The number of carbonyl (C=O) groups is 3. The van der Waals surface area contributed by atoms with Crippen molar-refractivity contribution in [2.45, 2.75) is 26.4 Å². The molecule has 2 aromatic rings. The summed E-state index contributed by atoms with van der Waals surface area (Å²) in [6.07, 6.45) is 3.57. The zero-order valence-corrected chi connectivity index (χ0v) is 19.3. The van der Waals surface area contributed by atoms with Crippen molar-refractivity contribution in [3.8, 4) is 11.5 Å². The van der Waals surface area contributed by atoms with E-state index in [1.54, 1.807) is 23.1 Å². The highest BCUT2D eigenvalue weighted by Gasteiger charge is 2.37. The first-order chi connectivity index (χ1) is 16.0. The third kappa shape index (κ3) is 5.57. The summed E-state index contributed by atoms with van der Waals surface area (Å²) < 4.78 is 11.7. The molecule has 0 unspecified atom stereocenters. The van der Waals surface area contributed by atoms with E-state index in [1.807, 2.05) is 43.3 Å². The molecule has 8 heteroatoms. The fraction of sp³-hybridized carbons (Fsp3) is 0.320. The highest BCUT2D eigenvalue weighted by molar-refractivity contribution is 8.18. The van der Waals surface area contributed by atoms with Crippen LogP contribution in [-0.4, -0.2) is 53.1 Å². The van der Waals surface area contributed by atoms with Crippen LogP contribution >= 0.6 is 11.8 Å². The summed E-state index contributed by atoms with van der Waals surface area (Å²) in [5.74, 6) is 0.530. The Bertz CT molecular complexity index is 1060. The number of carbonyl (C=O) groups excluding carboxylic acids is 3. The molecule has 0 spiro atoms. The summed E-state index contributed by atoms with van der Waals surface area (Å²) in [5.41, 5.74) is 1.75. The number of hydrogen-bond acceptors (Lipinski definition) is 6. The fourth-order valence-corrected chi connectivity index (χ4v) is 4.57. The van der Waals surface area contributed by atoms with Gasteiger partial charge in [0.15, 0.2) is 11.5 Å². The Morgan fingerprint density at radius 1 is 1.03 bits per heavy atom. The van der Waals surface area contributed by atoms with Crippen LogP contribution in [0.15, 0.2) is 53.4 Å². The average Bonchev–Trinajstić information content (AvgIpc) is 3.45. The zero-order chi connectivity index (χ0) is 23.2. The number of nitrogens with zero attached hydrogens (tertiary/aromatic N) is 2. The van der Waals surface area contributed by atoms with Crippen LogP contribution in [0.5, 0.6) is 11.5 Å². The molecular formula is C25H26N2O5S. The van der Waals surface area contributed by atoms with Gasteiger partial charge in [-0.25, -0.2) is 0 Å². The van der Waals surface area contributed by atoms with Gasteiger partial charge in [0.05, 0.1) is 11.5 Å². The normalized spacial score (nSPS) is 17.2. The largest absolute Gasteiger partial charge is 0.490 e. The molecule has 2 heterocycles. The maximum absolute atomic E-state index is 12.8. The van der Waals surface area contributed by atoms with Crippen LogP contribution in [0.4, 0.5) is 4.79 Å². The molecule has 0 N–H and O–H groups in total. The van der Waals surface area contributed by atoms with Crippen LogP contribution in [0, 0.1) is 0 Å². The number of hydrogen-bond donors (Lipinski definition) is 0. The second-order valence-electron chi connectivity index (χ2n) is 7.77. The summed E-state index contributed by atoms with van der Waals surface area (Å²) in [7, 11) is 0. The molecule has 7 nitrogen and oxygen atoms in total. The molecular weight excluding hydrogens is 440 g/mol. The second-order valence-corrected chi connectivity index (χ2v) is 8.76. The van der Waals surface area contributed by atoms with E-state index in [9.17, 15) is 14.4 Å². The minimum atomic E-state index is -0.445. The summed E-state index contributed by atoms with van der Waals surface area (Å²) >= 11 is 0.848. The Balaban J connectivity index is 1.47. The molecule has 33 heavy (non-hydrogen) atoms. The number of rotatable bonds is 8. The Morgan fingerprint density at radius 3 is 2.52 bits per heavy atom. The summed E-state index contributed by atoms with van der Waals surface area (Å²) in [6.45, 7) is 3.91. The number of ether oxygens (including phenoxy) is 2. The molecule has 2 aliphatic heterocycles. The lowest BCUT2D eigenvalue weighted by Gasteiger charge is -2.18. The van der Waals surface area contributed by atoms with Gasteiger partial charge in [0, 0.05) is 13.1 Å². The average molecular weight is 467 g/mol. The van der Waals surface area contributed by atoms with Crippen molar-refractivity contribution in [3.63, 3.8) is 0 Å². The lowest BCUT2D eigenvalue weighted by Crippen LogP contribution is -2.40. The molecule has 0 radical (unpaired) electrons. The SMILES string of the molecule is CCOc1cc(/C=C2/SC(=O)N(CC(=O)N3CCCC3)C2=O)ccc1OCc1ccccc1. The Labute approximate surface area is 197 Å². The van der Waals surface area contributed by atoms with Gasteiger partial charge >= 0.3 is 0 Å². The van der Waals surface area contributed by atoms with Gasteiger partial charge < -0.3 is 14.4 Å². The molecule has 0 atom stereocenters. The molecule has 0 aromatic heterocycles. The van der Waals surface area contributed by atoms with E-state index in [0.29, 0.717) is 43.4 Å². The minimum Gasteiger partial charge on any atom is -0.490 e. The second kappa shape index (κ2) is 10.6. The van der Waals surface area contributed by atoms with Gasteiger partial charge in [0.25, 0.3) is 11.1 Å². The molecule has 2 saturated heterocycles. The van der Waals surface area contributed by atoms with Crippen molar-refractivity contribution in [1.82, 2.24) is 9.80 Å². The number of thioether (sulfide) groups is 1. The first-order valence-electron chi connectivity index (χ1n) is 11.0. The summed E-state index contributed by atoms with van der Waals surface area (Å²) in [6, 6.07) is 15.2. The van der Waals surface area contributed by atoms with Crippen LogP contribution in [0.25, 0.3) is 6.08 Å². The van der Waals surface area contributed by atoms with E-state index in [-0.39, 0.29) is 17.4 Å². The molecule has 2 fully saturated rings. The molecule has 2 aliphatic rings. The number of imide groups is 1. The van der Waals surface area contributed by atoms with Crippen molar-refractivity contribution in [1.29, 1.82) is 0 Å². The first-order valence-corrected chi connectivity index (χ1v) is 11.8. The zero-order valence-electron chi connectivity index (χ0n) is 18.5. The van der Waals surface area contributed by atoms with E-state index in [2.05, 4.69) is 0 Å². The number of likely N-dealkylation sites (tertiary alicyclic amines) is 1. The Kier molecular flexibility index (Phi) is 7.34. The molecule has 172 valence electrons. The number of amides is 3. The molecule has 2 aromatic carbocycles. The predicted octanol–water partition coefficient (Wildman–Crippen LogP) is 4.32. The minimum absolute atomic E-state index is 0.186. The van der Waals surface area contributed by atoms with E-state index in [4.69, 9.17) is 9.47 Å². The van der Waals surface area contributed by atoms with Gasteiger partial charge in [-0.3, -0.25) is 19.3 Å². The molecule has 0 saturated carbocycles. The monoisotopic (exact) mass is 466 g/mol. The van der Waals surface area contributed by atoms with Gasteiger partial charge in [-0.1, -0.05) is 36.4 Å². The predicted molar refractivity (Wildman–Crippen MR) is 127 cm³/mol. The smallest absolute Gasteiger partial charge is 0.294 e. The van der Waals surface area contributed by atoms with Gasteiger partial charge in [0.2, 0.25) is 5.91 Å². The van der Waals surface area contributed by atoms with Gasteiger partial charge in [-0.15, -0.1) is 0 Å². The quantitative estimate of drug-likeness (QED) is 0.539. The van der Waals surface area contributed by atoms with Crippen LogP contribution in [0.1, 0.15) is 30.9 Å². The maximum atomic E-state index is 12.8. The van der Waals surface area contributed by atoms with Gasteiger partial charge in [-0.05, 0) is 60.9 Å². The van der Waals surface area contributed by atoms with Crippen LogP contribution in [0.2, 0.25) is 0 Å². The van der Waals surface area contributed by atoms with E-state index >= 15 is 0 Å². The highest BCUT2D eigenvalue weighted by Crippen LogP contribution is 2.35. The standard InChI is InChI=1S/C25H26N2O5S/c1-2-31-21-14-19(10-11-20(21)32-17-18-8-4-3-5-9-18)15-22-24(29)27(25(30)33-22)16-23(28)26-12-6-7-13-26/h3-5,8-11,14-15H,2,6-7,12-13,16-17H2,1H3/b22-15+. The van der Waals surface area contributed by atoms with Gasteiger partial charge in [-0.2, -0.15) is 0 Å². The molecule has 4 rings (SSSR count). The van der Waals surface area contributed by atoms with Crippen LogP contribution in [-0.2, 0) is 16.2 Å².